The van der Waals surface area contributed by atoms with E-state index in [1.54, 1.807) is 19.2 Å². The largest absolute Gasteiger partial charge is 0.493 e. The van der Waals surface area contributed by atoms with E-state index in [1.807, 2.05) is 0 Å². The van der Waals surface area contributed by atoms with Gasteiger partial charge in [-0.25, -0.2) is 0 Å². The zero-order chi connectivity index (χ0) is 14.1. The van der Waals surface area contributed by atoms with Crippen LogP contribution in [0, 0.1) is 0 Å². The van der Waals surface area contributed by atoms with Gasteiger partial charge in [0.1, 0.15) is 0 Å². The van der Waals surface area contributed by atoms with Crippen molar-refractivity contribution in [2.24, 2.45) is 0 Å². The maximum atomic E-state index is 9.31. The summed E-state index contributed by atoms with van der Waals surface area (Å²) in [5.41, 5.74) is 0.625. The highest BCUT2D eigenvalue weighted by Gasteiger charge is 2.12. The van der Waals surface area contributed by atoms with Crippen LogP contribution in [0.15, 0.2) is 12.1 Å². The summed E-state index contributed by atoms with van der Waals surface area (Å²) >= 11 is 5.93. The number of methoxy groups -OCH3 is 1. The van der Waals surface area contributed by atoms with E-state index >= 15 is 0 Å². The van der Waals surface area contributed by atoms with E-state index in [9.17, 15) is 5.11 Å². The van der Waals surface area contributed by atoms with Crippen LogP contribution >= 0.6 is 11.6 Å². The lowest BCUT2D eigenvalue weighted by Gasteiger charge is -2.14. The average molecular weight is 289 g/mol. The second-order valence-electron chi connectivity index (χ2n) is 4.24. The Hall–Kier alpha value is -0.970. The molecule has 19 heavy (non-hydrogen) atoms. The van der Waals surface area contributed by atoms with Gasteiger partial charge in [-0.3, -0.25) is 0 Å². The molecule has 0 heterocycles. The summed E-state index contributed by atoms with van der Waals surface area (Å²) in [6.07, 6.45) is 3.72. The molecule has 1 aromatic rings. The molecule has 0 aromatic heterocycles. The quantitative estimate of drug-likeness (QED) is 0.686. The molecule has 0 saturated heterocycles. The van der Waals surface area contributed by atoms with Gasteiger partial charge in [0.05, 0.1) is 20.3 Å². The molecule has 0 unspecified atom stereocenters. The lowest BCUT2D eigenvalue weighted by Crippen LogP contribution is -2.03. The lowest BCUT2D eigenvalue weighted by molar-refractivity contribution is 0.248. The molecule has 2 N–H and O–H groups in total. The van der Waals surface area contributed by atoms with Crippen molar-refractivity contribution in [3.8, 4) is 11.5 Å². The van der Waals surface area contributed by atoms with Crippen molar-refractivity contribution in [2.75, 3.05) is 20.3 Å². The van der Waals surface area contributed by atoms with Gasteiger partial charge in [0, 0.05) is 23.3 Å². The fourth-order valence-electron chi connectivity index (χ4n) is 1.80. The van der Waals surface area contributed by atoms with Crippen LogP contribution in [0.1, 0.15) is 31.2 Å². The summed E-state index contributed by atoms with van der Waals surface area (Å²) < 4.78 is 10.9. The Morgan fingerprint density at radius 2 is 1.84 bits per heavy atom. The highest BCUT2D eigenvalue weighted by atomic mass is 35.5. The Morgan fingerprint density at radius 3 is 2.47 bits per heavy atom. The summed E-state index contributed by atoms with van der Waals surface area (Å²) in [5.74, 6) is 1.09. The molecule has 0 fully saturated rings. The number of unbranched alkanes of at least 4 members (excludes halogenated alkanes) is 3. The van der Waals surface area contributed by atoms with Crippen molar-refractivity contribution in [3.05, 3.63) is 22.7 Å². The molecular weight excluding hydrogens is 268 g/mol. The van der Waals surface area contributed by atoms with Gasteiger partial charge in [-0.2, -0.15) is 0 Å². The molecular formula is C14H21ClO4. The van der Waals surface area contributed by atoms with Crippen molar-refractivity contribution < 1.29 is 19.7 Å². The Kier molecular flexibility index (Phi) is 7.63. The maximum Gasteiger partial charge on any atom is 0.166 e. The number of hydrogen-bond acceptors (Lipinski definition) is 4. The first kappa shape index (κ1) is 16.1. The zero-order valence-electron chi connectivity index (χ0n) is 11.2. The van der Waals surface area contributed by atoms with Gasteiger partial charge in [0.15, 0.2) is 11.5 Å². The predicted molar refractivity (Wildman–Crippen MR) is 75.0 cm³/mol. The first-order chi connectivity index (χ1) is 9.22. The van der Waals surface area contributed by atoms with Gasteiger partial charge in [0.25, 0.3) is 0 Å². The third kappa shape index (κ3) is 5.27. The number of aliphatic hydroxyl groups is 2. The molecule has 1 aromatic carbocycles. The SMILES string of the molecule is COc1cc(Cl)cc(CO)c1OCCCCCCO. The summed E-state index contributed by atoms with van der Waals surface area (Å²) in [6, 6.07) is 3.34. The number of benzene rings is 1. The van der Waals surface area contributed by atoms with E-state index in [0.29, 0.717) is 28.7 Å². The zero-order valence-corrected chi connectivity index (χ0v) is 11.9. The molecule has 0 aliphatic heterocycles. The van der Waals surface area contributed by atoms with Crippen LogP contribution in [0.25, 0.3) is 0 Å². The van der Waals surface area contributed by atoms with E-state index in [0.717, 1.165) is 25.7 Å². The van der Waals surface area contributed by atoms with Crippen molar-refractivity contribution in [3.63, 3.8) is 0 Å². The van der Waals surface area contributed by atoms with Gasteiger partial charge in [0.2, 0.25) is 0 Å². The Bertz CT molecular complexity index is 357. The van der Waals surface area contributed by atoms with Crippen molar-refractivity contribution in [1.82, 2.24) is 0 Å². The first-order valence-corrected chi connectivity index (χ1v) is 6.81. The number of halogens is 1. The van der Waals surface area contributed by atoms with Crippen molar-refractivity contribution in [2.45, 2.75) is 32.3 Å². The van der Waals surface area contributed by atoms with E-state index in [2.05, 4.69) is 0 Å². The molecule has 108 valence electrons. The fourth-order valence-corrected chi connectivity index (χ4v) is 2.03. The molecule has 0 aliphatic rings. The Labute approximate surface area is 118 Å². The number of aliphatic hydroxyl groups excluding tert-OH is 2. The minimum Gasteiger partial charge on any atom is -0.493 e. The van der Waals surface area contributed by atoms with Crippen molar-refractivity contribution in [1.29, 1.82) is 0 Å². The third-order valence-corrected chi connectivity index (χ3v) is 3.00. The molecule has 0 atom stereocenters. The van der Waals surface area contributed by atoms with Gasteiger partial charge < -0.3 is 19.7 Å². The molecule has 0 saturated carbocycles. The molecule has 1 rings (SSSR count). The summed E-state index contributed by atoms with van der Waals surface area (Å²) in [7, 11) is 1.54. The van der Waals surface area contributed by atoms with Crippen LogP contribution < -0.4 is 9.47 Å². The van der Waals surface area contributed by atoms with Crippen LogP contribution in [-0.2, 0) is 6.61 Å². The van der Waals surface area contributed by atoms with Gasteiger partial charge in [-0.1, -0.05) is 18.0 Å². The molecule has 0 bridgehead atoms. The number of ether oxygens (including phenoxy) is 2. The third-order valence-electron chi connectivity index (χ3n) is 2.79. The van der Waals surface area contributed by atoms with Crippen LogP contribution in [-0.4, -0.2) is 30.5 Å². The molecule has 4 nitrogen and oxygen atoms in total. The molecule has 0 amide bonds. The van der Waals surface area contributed by atoms with Crippen LogP contribution in [0.2, 0.25) is 5.02 Å². The molecule has 0 radical (unpaired) electrons. The second kappa shape index (κ2) is 9.02. The molecule has 0 spiro atoms. The minimum absolute atomic E-state index is 0.142. The number of hydrogen-bond donors (Lipinski definition) is 2. The van der Waals surface area contributed by atoms with E-state index < -0.39 is 0 Å². The molecule has 5 heteroatoms. The fraction of sp³-hybridized carbons (Fsp3) is 0.571. The van der Waals surface area contributed by atoms with Gasteiger partial charge in [-0.15, -0.1) is 0 Å². The first-order valence-electron chi connectivity index (χ1n) is 6.43. The average Bonchev–Trinajstić information content (AvgIpc) is 2.43. The summed E-state index contributed by atoms with van der Waals surface area (Å²) in [5, 5.41) is 18.5. The van der Waals surface area contributed by atoms with Gasteiger partial charge in [-0.05, 0) is 25.3 Å². The van der Waals surface area contributed by atoms with Gasteiger partial charge >= 0.3 is 0 Å². The highest BCUT2D eigenvalue weighted by Crippen LogP contribution is 2.34. The highest BCUT2D eigenvalue weighted by molar-refractivity contribution is 6.30. The standard InChI is InChI=1S/C14H21ClO4/c1-18-13-9-12(15)8-11(10-17)14(13)19-7-5-3-2-4-6-16/h8-9,16-17H,2-7,10H2,1H3. The number of rotatable bonds is 9. The predicted octanol–water partition coefficient (Wildman–Crippen LogP) is 2.77. The lowest BCUT2D eigenvalue weighted by atomic mass is 10.2. The summed E-state index contributed by atoms with van der Waals surface area (Å²) in [4.78, 5) is 0. The monoisotopic (exact) mass is 288 g/mol. The Morgan fingerprint density at radius 1 is 1.11 bits per heavy atom. The molecule has 0 aliphatic carbocycles. The van der Waals surface area contributed by atoms with Crippen LogP contribution in [0.4, 0.5) is 0 Å². The van der Waals surface area contributed by atoms with E-state index in [-0.39, 0.29) is 13.2 Å². The van der Waals surface area contributed by atoms with Crippen molar-refractivity contribution >= 4 is 11.6 Å². The Balaban J connectivity index is 2.56. The van der Waals surface area contributed by atoms with E-state index in [1.165, 1.54) is 0 Å². The smallest absolute Gasteiger partial charge is 0.166 e. The van der Waals surface area contributed by atoms with Crippen LogP contribution in [0.3, 0.4) is 0 Å². The topological polar surface area (TPSA) is 58.9 Å². The van der Waals surface area contributed by atoms with Crippen LogP contribution in [0.5, 0.6) is 11.5 Å². The summed E-state index contributed by atoms with van der Waals surface area (Å²) in [6.45, 7) is 0.647. The minimum atomic E-state index is -0.142. The normalized spacial score (nSPS) is 10.5. The maximum absolute atomic E-state index is 9.31. The van der Waals surface area contributed by atoms with E-state index in [4.69, 9.17) is 26.2 Å². The second-order valence-corrected chi connectivity index (χ2v) is 4.68.